The predicted octanol–water partition coefficient (Wildman–Crippen LogP) is 3.67. The highest BCUT2D eigenvalue weighted by atomic mass is 16.5. The summed E-state index contributed by atoms with van der Waals surface area (Å²) in [7, 11) is 0. The molecule has 0 heterocycles. The maximum atomic E-state index is 6.10. The number of rotatable bonds is 6. The van der Waals surface area contributed by atoms with Crippen molar-refractivity contribution < 1.29 is 4.74 Å². The monoisotopic (exact) mass is 256 g/mol. The number of hydrogen-bond acceptors (Lipinski definition) is 3. The van der Waals surface area contributed by atoms with Crippen molar-refractivity contribution in [2.75, 3.05) is 17.7 Å². The lowest BCUT2D eigenvalue weighted by Gasteiger charge is -2.13. The Morgan fingerprint density at radius 3 is 2.58 bits per heavy atom. The van der Waals surface area contributed by atoms with E-state index in [-0.39, 0.29) is 0 Å². The number of ether oxygens (including phenoxy) is 1. The maximum absolute atomic E-state index is 6.10. The largest absolute Gasteiger partial charge is 0.491 e. The number of hydrogen-bond donors (Lipinski definition) is 2. The van der Waals surface area contributed by atoms with Gasteiger partial charge in [-0.1, -0.05) is 43.3 Å². The van der Waals surface area contributed by atoms with E-state index < -0.39 is 0 Å². The number of nitrogens with one attached hydrogen (secondary N) is 1. The summed E-state index contributed by atoms with van der Waals surface area (Å²) < 4.78 is 5.61. The van der Waals surface area contributed by atoms with Crippen molar-refractivity contribution in [2.24, 2.45) is 0 Å². The lowest BCUT2D eigenvalue weighted by molar-refractivity contribution is 0.319. The fourth-order valence-corrected chi connectivity index (χ4v) is 1.83. The van der Waals surface area contributed by atoms with E-state index in [1.165, 1.54) is 5.56 Å². The van der Waals surface area contributed by atoms with Gasteiger partial charge < -0.3 is 15.8 Å². The van der Waals surface area contributed by atoms with E-state index in [1.807, 2.05) is 36.4 Å². The van der Waals surface area contributed by atoms with Crippen LogP contribution in [0.2, 0.25) is 0 Å². The first kappa shape index (κ1) is 13.3. The molecule has 19 heavy (non-hydrogen) atoms. The molecule has 0 spiro atoms. The van der Waals surface area contributed by atoms with Crippen molar-refractivity contribution in [3.05, 3.63) is 54.1 Å². The molecule has 0 aliphatic rings. The first-order chi connectivity index (χ1) is 9.31. The van der Waals surface area contributed by atoms with Crippen molar-refractivity contribution in [2.45, 2.75) is 19.9 Å². The van der Waals surface area contributed by atoms with Gasteiger partial charge in [-0.25, -0.2) is 0 Å². The molecule has 0 aliphatic heterocycles. The molecule has 0 atom stereocenters. The Kier molecular flexibility index (Phi) is 4.67. The Bertz CT molecular complexity index is 511. The number of nitrogen functional groups attached to an aromatic ring is 1. The van der Waals surface area contributed by atoms with Gasteiger partial charge in [0.1, 0.15) is 5.75 Å². The van der Waals surface area contributed by atoms with Gasteiger partial charge in [0.25, 0.3) is 0 Å². The van der Waals surface area contributed by atoms with Crippen LogP contribution in [0, 0.1) is 0 Å². The van der Waals surface area contributed by atoms with Crippen molar-refractivity contribution in [3.8, 4) is 5.75 Å². The zero-order chi connectivity index (χ0) is 13.5. The third-order valence-electron chi connectivity index (χ3n) is 2.85. The van der Waals surface area contributed by atoms with Crippen LogP contribution < -0.4 is 15.8 Å². The van der Waals surface area contributed by atoms with Crippen LogP contribution in [0.1, 0.15) is 18.9 Å². The van der Waals surface area contributed by atoms with E-state index in [0.29, 0.717) is 12.3 Å². The zero-order valence-corrected chi connectivity index (χ0v) is 11.2. The molecule has 100 valence electrons. The minimum Gasteiger partial charge on any atom is -0.491 e. The van der Waals surface area contributed by atoms with E-state index in [9.17, 15) is 0 Å². The highest BCUT2D eigenvalue weighted by molar-refractivity contribution is 5.72. The molecule has 3 heteroatoms. The fraction of sp³-hybridized carbons (Fsp3) is 0.250. The minimum atomic E-state index is 0.673. The molecule has 2 aromatic carbocycles. The second-order valence-corrected chi connectivity index (χ2v) is 4.40. The summed E-state index contributed by atoms with van der Waals surface area (Å²) in [5.41, 5.74) is 8.91. The Hall–Kier alpha value is -2.16. The summed E-state index contributed by atoms with van der Waals surface area (Å²) in [4.78, 5) is 0. The highest BCUT2D eigenvalue weighted by Gasteiger charge is 2.05. The minimum absolute atomic E-state index is 0.673. The van der Waals surface area contributed by atoms with Crippen LogP contribution in [0.25, 0.3) is 0 Å². The summed E-state index contributed by atoms with van der Waals surface area (Å²) in [6.45, 7) is 3.52. The molecule has 0 radical (unpaired) electrons. The van der Waals surface area contributed by atoms with Crippen LogP contribution in [0.3, 0.4) is 0 Å². The van der Waals surface area contributed by atoms with Crippen LogP contribution >= 0.6 is 0 Å². The van der Waals surface area contributed by atoms with Gasteiger partial charge in [-0.3, -0.25) is 0 Å². The number of benzene rings is 2. The van der Waals surface area contributed by atoms with Crippen molar-refractivity contribution in [1.29, 1.82) is 0 Å². The first-order valence-corrected chi connectivity index (χ1v) is 6.60. The molecule has 0 fully saturated rings. The normalized spacial score (nSPS) is 10.2. The second kappa shape index (κ2) is 6.69. The zero-order valence-electron chi connectivity index (χ0n) is 11.2. The average Bonchev–Trinajstić information content (AvgIpc) is 2.46. The van der Waals surface area contributed by atoms with Gasteiger partial charge in [-0.05, 0) is 24.1 Å². The molecule has 3 N–H and O–H groups in total. The topological polar surface area (TPSA) is 47.3 Å². The van der Waals surface area contributed by atoms with Crippen molar-refractivity contribution >= 4 is 11.4 Å². The van der Waals surface area contributed by atoms with E-state index >= 15 is 0 Å². The summed E-state index contributed by atoms with van der Waals surface area (Å²) in [5.74, 6) is 0.750. The lowest BCUT2D eigenvalue weighted by atomic mass is 10.2. The van der Waals surface area contributed by atoms with Crippen LogP contribution in [0.4, 0.5) is 11.4 Å². The van der Waals surface area contributed by atoms with Crippen LogP contribution in [0.15, 0.2) is 48.5 Å². The van der Waals surface area contributed by atoms with Gasteiger partial charge in [-0.2, -0.15) is 0 Å². The molecule has 2 rings (SSSR count). The Morgan fingerprint density at radius 1 is 1.05 bits per heavy atom. The molecular formula is C16H20N2O. The van der Waals surface area contributed by atoms with E-state index in [0.717, 1.165) is 24.4 Å². The molecular weight excluding hydrogens is 236 g/mol. The predicted molar refractivity (Wildman–Crippen MR) is 80.4 cm³/mol. The van der Waals surface area contributed by atoms with Gasteiger partial charge in [0, 0.05) is 6.54 Å². The SMILES string of the molecule is CCCOc1cccc(NCc2ccccc2)c1N. The van der Waals surface area contributed by atoms with Crippen LogP contribution in [0.5, 0.6) is 5.75 Å². The third-order valence-corrected chi connectivity index (χ3v) is 2.85. The standard InChI is InChI=1S/C16H20N2O/c1-2-11-19-15-10-6-9-14(16(15)17)18-12-13-7-4-3-5-8-13/h3-10,18H,2,11-12,17H2,1H3. The Balaban J connectivity index is 2.04. The molecule has 0 saturated heterocycles. The van der Waals surface area contributed by atoms with Crippen molar-refractivity contribution in [3.63, 3.8) is 0 Å². The smallest absolute Gasteiger partial charge is 0.144 e. The number of para-hydroxylation sites is 1. The molecule has 2 aromatic rings. The summed E-state index contributed by atoms with van der Waals surface area (Å²) >= 11 is 0. The summed E-state index contributed by atoms with van der Waals surface area (Å²) in [6.07, 6.45) is 0.973. The van der Waals surface area contributed by atoms with Crippen molar-refractivity contribution in [1.82, 2.24) is 0 Å². The van der Waals surface area contributed by atoms with Gasteiger partial charge in [0.05, 0.1) is 18.0 Å². The van der Waals surface area contributed by atoms with E-state index in [2.05, 4.69) is 24.4 Å². The molecule has 0 unspecified atom stereocenters. The van der Waals surface area contributed by atoms with E-state index in [4.69, 9.17) is 10.5 Å². The van der Waals surface area contributed by atoms with Crippen LogP contribution in [-0.4, -0.2) is 6.61 Å². The van der Waals surface area contributed by atoms with Gasteiger partial charge in [0.15, 0.2) is 0 Å². The number of nitrogens with two attached hydrogens (primary N) is 1. The molecule has 0 saturated carbocycles. The quantitative estimate of drug-likeness (QED) is 0.775. The Labute approximate surface area is 114 Å². The number of anilines is 2. The molecule has 3 nitrogen and oxygen atoms in total. The van der Waals surface area contributed by atoms with Gasteiger partial charge >= 0.3 is 0 Å². The Morgan fingerprint density at radius 2 is 1.84 bits per heavy atom. The molecule has 0 bridgehead atoms. The third kappa shape index (κ3) is 3.65. The maximum Gasteiger partial charge on any atom is 0.144 e. The lowest BCUT2D eigenvalue weighted by Crippen LogP contribution is -2.05. The van der Waals surface area contributed by atoms with E-state index in [1.54, 1.807) is 0 Å². The molecule has 0 amide bonds. The highest BCUT2D eigenvalue weighted by Crippen LogP contribution is 2.29. The van der Waals surface area contributed by atoms with Gasteiger partial charge in [-0.15, -0.1) is 0 Å². The van der Waals surface area contributed by atoms with Gasteiger partial charge in [0.2, 0.25) is 0 Å². The second-order valence-electron chi connectivity index (χ2n) is 4.40. The molecule has 0 aromatic heterocycles. The average molecular weight is 256 g/mol. The first-order valence-electron chi connectivity index (χ1n) is 6.60. The summed E-state index contributed by atoms with van der Waals surface area (Å²) in [6, 6.07) is 16.1. The summed E-state index contributed by atoms with van der Waals surface area (Å²) in [5, 5.41) is 3.34. The fourth-order valence-electron chi connectivity index (χ4n) is 1.83. The molecule has 0 aliphatic carbocycles. The van der Waals surface area contributed by atoms with Crippen LogP contribution in [-0.2, 0) is 6.54 Å².